The first-order valence-corrected chi connectivity index (χ1v) is 10.7. The fourth-order valence-electron chi connectivity index (χ4n) is 4.03. The maximum absolute atomic E-state index is 12.0. The molecule has 2 aromatic rings. The summed E-state index contributed by atoms with van der Waals surface area (Å²) in [5, 5.41) is 14.7. The Morgan fingerprint density at radius 3 is 2.79 bits per heavy atom. The van der Waals surface area contributed by atoms with Crippen molar-refractivity contribution < 1.29 is 23.7 Å². The number of aliphatic imine (C=N–C) groups is 1. The first-order valence-electron chi connectivity index (χ1n) is 10.7. The second-order valence-corrected chi connectivity index (χ2v) is 9.12. The lowest BCUT2D eigenvalue weighted by molar-refractivity contribution is -0.207. The number of aromatic nitrogens is 3. The fraction of sp³-hybridized carbons (Fsp3) is 0.591. The molecule has 11 nitrogen and oxygen atoms in total. The van der Waals surface area contributed by atoms with Crippen LogP contribution in [0, 0.1) is 17.2 Å². The van der Waals surface area contributed by atoms with Gasteiger partial charge in [0.25, 0.3) is 0 Å². The molecule has 0 amide bonds. The number of ether oxygens (including phenoxy) is 4. The van der Waals surface area contributed by atoms with Gasteiger partial charge in [0.1, 0.15) is 42.8 Å². The summed E-state index contributed by atoms with van der Waals surface area (Å²) in [6, 6.07) is 5.82. The Bertz CT molecular complexity index is 1120. The second-order valence-electron chi connectivity index (χ2n) is 9.12. The van der Waals surface area contributed by atoms with E-state index in [1.807, 2.05) is 14.1 Å². The van der Waals surface area contributed by atoms with Gasteiger partial charge in [0.05, 0.1) is 18.0 Å². The van der Waals surface area contributed by atoms with Crippen molar-refractivity contribution in [3.05, 3.63) is 24.2 Å². The van der Waals surface area contributed by atoms with Crippen molar-refractivity contribution in [1.82, 2.24) is 19.5 Å². The van der Waals surface area contributed by atoms with Crippen molar-refractivity contribution in [1.29, 1.82) is 5.26 Å². The number of nitrogens with zero attached hydrogens (tertiary/aromatic N) is 6. The minimum atomic E-state index is -1.54. The summed E-state index contributed by atoms with van der Waals surface area (Å²) < 4.78 is 25.5. The van der Waals surface area contributed by atoms with Crippen molar-refractivity contribution in [3.8, 4) is 6.07 Å². The third-order valence-corrected chi connectivity index (χ3v) is 5.48. The summed E-state index contributed by atoms with van der Waals surface area (Å²) in [6.07, 6.45) is 0.930. The topological polar surface area (TPSA) is 124 Å². The maximum atomic E-state index is 12.0. The van der Waals surface area contributed by atoms with E-state index in [4.69, 9.17) is 18.9 Å². The van der Waals surface area contributed by atoms with Crippen LogP contribution in [0.3, 0.4) is 0 Å². The van der Waals surface area contributed by atoms with Gasteiger partial charge in [-0.15, -0.1) is 0 Å². The zero-order valence-electron chi connectivity index (χ0n) is 19.6. The van der Waals surface area contributed by atoms with Gasteiger partial charge in [-0.25, -0.2) is 14.5 Å². The average Bonchev–Trinajstić information content (AvgIpc) is 3.41. The van der Waals surface area contributed by atoms with Crippen LogP contribution < -0.4 is 0 Å². The summed E-state index contributed by atoms with van der Waals surface area (Å²) in [7, 11) is 3.71. The molecule has 0 N–H and O–H groups in total. The summed E-state index contributed by atoms with van der Waals surface area (Å²) in [5.74, 6) is -1.14. The largest absolute Gasteiger partial charge is 0.463 e. The summed E-state index contributed by atoms with van der Waals surface area (Å²) in [4.78, 5) is 22.5. The summed E-state index contributed by atoms with van der Waals surface area (Å²) in [5.41, 5.74) is -0.484. The van der Waals surface area contributed by atoms with E-state index in [2.05, 4.69) is 21.1 Å². The third kappa shape index (κ3) is 4.06. The molecule has 2 saturated heterocycles. The van der Waals surface area contributed by atoms with Crippen molar-refractivity contribution in [3.63, 3.8) is 0 Å². The number of rotatable bonds is 6. The Labute approximate surface area is 191 Å². The molecular weight excluding hydrogens is 428 g/mol. The molecule has 0 unspecified atom stereocenters. The van der Waals surface area contributed by atoms with Gasteiger partial charge in [-0.05, 0) is 26.0 Å². The number of fused-ring (bicyclic) bond motifs is 2. The Morgan fingerprint density at radius 2 is 2.12 bits per heavy atom. The fourth-order valence-corrected chi connectivity index (χ4v) is 4.03. The molecule has 0 spiro atoms. The lowest BCUT2D eigenvalue weighted by Crippen LogP contribution is -2.40. The molecule has 4 heterocycles. The van der Waals surface area contributed by atoms with Gasteiger partial charge < -0.3 is 23.8 Å². The smallest absolute Gasteiger partial charge is 0.308 e. The second kappa shape index (κ2) is 8.37. The normalized spacial score (nSPS) is 28.4. The van der Waals surface area contributed by atoms with Crippen LogP contribution in [0.4, 0.5) is 5.82 Å². The quantitative estimate of drug-likeness (QED) is 0.363. The SMILES string of the molecule is CC(C)C(=O)OC[C@H]1O[C@@](C#N)(c2ccc3c(/N=C\N(C)C)ncnn23)[C@@H]2OC(C)(C)O[C@@H]21. The van der Waals surface area contributed by atoms with Crippen LogP contribution in [-0.2, 0) is 29.3 Å². The van der Waals surface area contributed by atoms with Crippen molar-refractivity contribution in [2.45, 2.75) is 57.4 Å². The van der Waals surface area contributed by atoms with Crippen LogP contribution in [0.5, 0.6) is 0 Å². The minimum absolute atomic E-state index is 0.0578. The molecule has 176 valence electrons. The minimum Gasteiger partial charge on any atom is -0.463 e. The Kier molecular flexibility index (Phi) is 5.86. The van der Waals surface area contributed by atoms with Crippen LogP contribution in [0.2, 0.25) is 0 Å². The Morgan fingerprint density at radius 1 is 1.36 bits per heavy atom. The maximum Gasteiger partial charge on any atom is 0.308 e. The lowest BCUT2D eigenvalue weighted by Gasteiger charge is -2.29. The lowest BCUT2D eigenvalue weighted by atomic mass is 9.92. The molecule has 4 atom stereocenters. The van der Waals surface area contributed by atoms with Gasteiger partial charge in [-0.2, -0.15) is 10.4 Å². The molecule has 2 aromatic heterocycles. The van der Waals surface area contributed by atoms with Gasteiger partial charge in [0.15, 0.2) is 11.6 Å². The number of nitriles is 1. The third-order valence-electron chi connectivity index (χ3n) is 5.48. The van der Waals surface area contributed by atoms with E-state index >= 15 is 0 Å². The zero-order chi connectivity index (χ0) is 24.0. The van der Waals surface area contributed by atoms with E-state index in [0.717, 1.165) is 0 Å². The molecule has 0 radical (unpaired) electrons. The summed E-state index contributed by atoms with van der Waals surface area (Å²) in [6.45, 7) is 6.99. The first kappa shape index (κ1) is 23.1. The van der Waals surface area contributed by atoms with E-state index in [1.165, 1.54) is 6.33 Å². The molecule has 33 heavy (non-hydrogen) atoms. The highest BCUT2D eigenvalue weighted by Crippen LogP contribution is 2.49. The van der Waals surface area contributed by atoms with Crippen LogP contribution in [0.15, 0.2) is 23.5 Å². The number of carbonyl (C=O) groups is 1. The van der Waals surface area contributed by atoms with Crippen LogP contribution in [-0.4, -0.2) is 76.6 Å². The number of hydrogen-bond acceptors (Lipinski definition) is 9. The molecule has 0 saturated carbocycles. The molecule has 4 rings (SSSR count). The van der Waals surface area contributed by atoms with E-state index in [1.54, 1.807) is 55.6 Å². The molecule has 2 fully saturated rings. The van der Waals surface area contributed by atoms with E-state index in [9.17, 15) is 10.1 Å². The highest BCUT2D eigenvalue weighted by molar-refractivity contribution is 5.72. The molecular formula is C22H28N6O5. The van der Waals surface area contributed by atoms with Gasteiger partial charge >= 0.3 is 5.97 Å². The van der Waals surface area contributed by atoms with Crippen molar-refractivity contribution >= 4 is 23.6 Å². The van der Waals surface area contributed by atoms with Crippen LogP contribution >= 0.6 is 0 Å². The van der Waals surface area contributed by atoms with Gasteiger partial charge in [0.2, 0.25) is 5.60 Å². The molecule has 0 bridgehead atoms. The molecule has 0 aliphatic carbocycles. The first-order chi connectivity index (χ1) is 15.6. The van der Waals surface area contributed by atoms with Gasteiger partial charge in [0, 0.05) is 14.1 Å². The van der Waals surface area contributed by atoms with Gasteiger partial charge in [-0.3, -0.25) is 4.79 Å². The summed E-state index contributed by atoms with van der Waals surface area (Å²) >= 11 is 0. The molecule has 0 aromatic carbocycles. The Hall–Kier alpha value is -3.07. The Balaban J connectivity index is 1.75. The average molecular weight is 457 g/mol. The predicted molar refractivity (Wildman–Crippen MR) is 117 cm³/mol. The van der Waals surface area contributed by atoms with E-state index < -0.39 is 29.7 Å². The zero-order valence-corrected chi connectivity index (χ0v) is 19.6. The number of esters is 1. The number of carbonyl (C=O) groups excluding carboxylic acids is 1. The van der Waals surface area contributed by atoms with Gasteiger partial charge in [-0.1, -0.05) is 13.8 Å². The molecule has 2 aliphatic heterocycles. The predicted octanol–water partition coefficient (Wildman–Crippen LogP) is 1.79. The van der Waals surface area contributed by atoms with E-state index in [0.29, 0.717) is 17.0 Å². The van der Waals surface area contributed by atoms with E-state index in [-0.39, 0.29) is 18.5 Å². The highest BCUT2D eigenvalue weighted by Gasteiger charge is 2.65. The molecule has 11 heteroatoms. The van der Waals surface area contributed by atoms with Crippen molar-refractivity contribution in [2.24, 2.45) is 10.9 Å². The van der Waals surface area contributed by atoms with Crippen LogP contribution in [0.1, 0.15) is 33.4 Å². The number of hydrogen-bond donors (Lipinski definition) is 0. The standard InChI is InChI=1S/C22H28N6O5/c1-13(2)20(29)30-9-15-17-18(33-21(3,4)32-17)22(10-23,31-15)16-8-7-14-19(25-12-27(5)6)24-11-26-28(14)16/h7-8,11-13,15,17-18H,9H2,1-6H3/b25-12-/t15-,17-,18-,22+/m1/s1. The monoisotopic (exact) mass is 456 g/mol. The highest BCUT2D eigenvalue weighted by atomic mass is 16.8. The molecule has 2 aliphatic rings. The van der Waals surface area contributed by atoms with Crippen molar-refractivity contribution in [2.75, 3.05) is 20.7 Å². The van der Waals surface area contributed by atoms with Crippen LogP contribution in [0.25, 0.3) is 5.52 Å².